The molecular weight excluding hydrogens is 321 g/mol. The Morgan fingerprint density at radius 2 is 2.09 bits per heavy atom. The van der Waals surface area contributed by atoms with Gasteiger partial charge in [-0.05, 0) is 25.0 Å². The summed E-state index contributed by atoms with van der Waals surface area (Å²) in [5.41, 5.74) is 0. The molecule has 3 rings (SSSR count). The largest absolute Gasteiger partial charge is 0.473 e. The van der Waals surface area contributed by atoms with Crippen molar-refractivity contribution in [2.75, 3.05) is 13.1 Å². The lowest BCUT2D eigenvalue weighted by Crippen LogP contribution is -2.44. The second kappa shape index (κ2) is 6.59. The number of piperidine rings is 1. The van der Waals surface area contributed by atoms with Crippen LogP contribution in [0.1, 0.15) is 12.8 Å². The van der Waals surface area contributed by atoms with Crippen molar-refractivity contribution in [3.63, 3.8) is 0 Å². The van der Waals surface area contributed by atoms with Crippen molar-refractivity contribution < 1.29 is 17.5 Å². The Kier molecular flexibility index (Phi) is 4.53. The molecule has 1 saturated heterocycles. The molecule has 2 aromatic rings. The summed E-state index contributed by atoms with van der Waals surface area (Å²) in [6.07, 6.45) is 3.96. The van der Waals surface area contributed by atoms with Crippen LogP contribution >= 0.6 is 0 Å². The number of aromatic nitrogens is 2. The van der Waals surface area contributed by atoms with Gasteiger partial charge in [0.1, 0.15) is 23.1 Å². The first-order valence-electron chi connectivity index (χ1n) is 7.25. The smallest absolute Gasteiger partial charge is 0.246 e. The van der Waals surface area contributed by atoms with Crippen LogP contribution in [0.4, 0.5) is 4.39 Å². The Morgan fingerprint density at radius 1 is 1.26 bits per heavy atom. The highest BCUT2D eigenvalue weighted by Gasteiger charge is 2.32. The van der Waals surface area contributed by atoms with Crippen LogP contribution in [0.5, 0.6) is 5.88 Å². The third-order valence-electron chi connectivity index (χ3n) is 3.64. The predicted octanol–water partition coefficient (Wildman–Crippen LogP) is 1.85. The normalized spacial score (nSPS) is 19.4. The van der Waals surface area contributed by atoms with Crippen molar-refractivity contribution in [2.45, 2.75) is 23.8 Å². The molecule has 0 aliphatic carbocycles. The Morgan fingerprint density at radius 3 is 2.83 bits per heavy atom. The molecule has 0 bridgehead atoms. The standard InChI is InChI=1S/C15H16FN3O3S/c16-13-5-1-2-6-14(13)23(20,21)19-9-3-4-12(10-19)22-15-7-8-17-11-18-15/h1-2,5-8,11-12H,3-4,9-10H2. The molecule has 1 atom stereocenters. The van der Waals surface area contributed by atoms with Crippen LogP contribution in [-0.2, 0) is 10.0 Å². The van der Waals surface area contributed by atoms with E-state index in [-0.39, 0.29) is 17.5 Å². The minimum atomic E-state index is -3.87. The summed E-state index contributed by atoms with van der Waals surface area (Å²) in [6.45, 7) is 0.515. The first-order chi connectivity index (χ1) is 11.1. The van der Waals surface area contributed by atoms with Gasteiger partial charge >= 0.3 is 0 Å². The monoisotopic (exact) mass is 337 g/mol. The predicted molar refractivity (Wildman–Crippen MR) is 80.8 cm³/mol. The Bertz CT molecular complexity index is 771. The maximum absolute atomic E-state index is 13.8. The summed E-state index contributed by atoms with van der Waals surface area (Å²) in [4.78, 5) is 7.47. The average Bonchev–Trinajstić information content (AvgIpc) is 2.56. The third-order valence-corrected chi connectivity index (χ3v) is 5.54. The number of sulfonamides is 1. The van der Waals surface area contributed by atoms with Crippen molar-refractivity contribution in [1.82, 2.24) is 14.3 Å². The van der Waals surface area contributed by atoms with Gasteiger partial charge in [0.05, 0.1) is 6.54 Å². The van der Waals surface area contributed by atoms with Gasteiger partial charge in [0.25, 0.3) is 0 Å². The van der Waals surface area contributed by atoms with Gasteiger partial charge in [-0.1, -0.05) is 12.1 Å². The lowest BCUT2D eigenvalue weighted by molar-refractivity contribution is 0.124. The molecule has 0 radical (unpaired) electrons. The summed E-state index contributed by atoms with van der Waals surface area (Å²) in [5, 5.41) is 0. The Hall–Kier alpha value is -2.06. The fourth-order valence-electron chi connectivity index (χ4n) is 2.53. The van der Waals surface area contributed by atoms with Crippen LogP contribution in [0.15, 0.2) is 47.8 Å². The van der Waals surface area contributed by atoms with Gasteiger partial charge in [-0.3, -0.25) is 0 Å². The number of nitrogens with zero attached hydrogens (tertiary/aromatic N) is 3. The first-order valence-corrected chi connectivity index (χ1v) is 8.69. The third kappa shape index (κ3) is 3.48. The molecule has 1 unspecified atom stereocenters. The second-order valence-electron chi connectivity index (χ2n) is 5.22. The lowest BCUT2D eigenvalue weighted by Gasteiger charge is -2.31. The number of ether oxygens (including phenoxy) is 1. The first kappa shape index (κ1) is 15.8. The minimum absolute atomic E-state index is 0.167. The van der Waals surface area contributed by atoms with E-state index in [0.717, 1.165) is 6.07 Å². The molecule has 1 aliphatic heterocycles. The number of benzene rings is 1. The summed E-state index contributed by atoms with van der Waals surface area (Å²) in [7, 11) is -3.87. The van der Waals surface area contributed by atoms with E-state index in [1.807, 2.05) is 0 Å². The second-order valence-corrected chi connectivity index (χ2v) is 7.13. The zero-order valence-corrected chi connectivity index (χ0v) is 13.1. The molecule has 122 valence electrons. The molecule has 1 aliphatic rings. The van der Waals surface area contributed by atoms with Gasteiger partial charge in [0.2, 0.25) is 15.9 Å². The van der Waals surface area contributed by atoms with Gasteiger partial charge in [-0.25, -0.2) is 22.8 Å². The van der Waals surface area contributed by atoms with E-state index < -0.39 is 15.8 Å². The van der Waals surface area contributed by atoms with Gasteiger partial charge in [-0.15, -0.1) is 0 Å². The van der Waals surface area contributed by atoms with Crippen molar-refractivity contribution in [1.29, 1.82) is 0 Å². The zero-order valence-electron chi connectivity index (χ0n) is 12.3. The van der Waals surface area contributed by atoms with Crippen molar-refractivity contribution in [3.05, 3.63) is 48.7 Å². The maximum Gasteiger partial charge on any atom is 0.246 e. The molecule has 0 N–H and O–H groups in total. The molecular formula is C15H16FN3O3S. The molecule has 0 spiro atoms. The number of hydrogen-bond acceptors (Lipinski definition) is 5. The maximum atomic E-state index is 13.8. The molecule has 1 aromatic heterocycles. The fraction of sp³-hybridized carbons (Fsp3) is 0.333. The Labute approximate surface area is 134 Å². The molecule has 8 heteroatoms. The van der Waals surface area contributed by atoms with Gasteiger partial charge in [0, 0.05) is 18.8 Å². The van der Waals surface area contributed by atoms with Crippen LogP contribution in [0.25, 0.3) is 0 Å². The molecule has 2 heterocycles. The van der Waals surface area contributed by atoms with Crippen molar-refractivity contribution in [2.24, 2.45) is 0 Å². The number of halogens is 1. The number of rotatable bonds is 4. The van der Waals surface area contributed by atoms with Crippen LogP contribution in [0.3, 0.4) is 0 Å². The molecule has 1 fully saturated rings. The molecule has 0 saturated carbocycles. The summed E-state index contributed by atoms with van der Waals surface area (Å²) in [5.74, 6) is -0.346. The quantitative estimate of drug-likeness (QED) is 0.851. The van der Waals surface area contributed by atoms with Crippen LogP contribution in [0.2, 0.25) is 0 Å². The van der Waals surface area contributed by atoms with Gasteiger partial charge in [-0.2, -0.15) is 4.31 Å². The van der Waals surface area contributed by atoms with Crippen LogP contribution in [-0.4, -0.2) is 41.9 Å². The Balaban J connectivity index is 1.77. The van der Waals surface area contributed by atoms with E-state index in [0.29, 0.717) is 25.3 Å². The van der Waals surface area contributed by atoms with E-state index in [4.69, 9.17) is 4.74 Å². The SMILES string of the molecule is O=S(=O)(c1ccccc1F)N1CCCC(Oc2ccncn2)C1. The van der Waals surface area contributed by atoms with Crippen molar-refractivity contribution >= 4 is 10.0 Å². The van der Waals surface area contributed by atoms with E-state index in [2.05, 4.69) is 9.97 Å². The highest BCUT2D eigenvalue weighted by molar-refractivity contribution is 7.89. The molecule has 6 nitrogen and oxygen atoms in total. The highest BCUT2D eigenvalue weighted by atomic mass is 32.2. The van der Waals surface area contributed by atoms with Crippen LogP contribution < -0.4 is 4.74 Å². The average molecular weight is 337 g/mol. The van der Waals surface area contributed by atoms with Crippen molar-refractivity contribution in [3.8, 4) is 5.88 Å². The summed E-state index contributed by atoms with van der Waals surface area (Å²) < 4.78 is 46.0. The van der Waals surface area contributed by atoms with E-state index in [1.165, 1.54) is 28.8 Å². The topological polar surface area (TPSA) is 72.4 Å². The van der Waals surface area contributed by atoms with Gasteiger partial charge in [0.15, 0.2) is 0 Å². The number of hydrogen-bond donors (Lipinski definition) is 0. The summed E-state index contributed by atoms with van der Waals surface area (Å²) in [6, 6.07) is 7.01. The summed E-state index contributed by atoms with van der Waals surface area (Å²) >= 11 is 0. The molecule has 0 amide bonds. The highest BCUT2D eigenvalue weighted by Crippen LogP contribution is 2.24. The van der Waals surface area contributed by atoms with Crippen LogP contribution in [0, 0.1) is 5.82 Å². The lowest BCUT2D eigenvalue weighted by atomic mass is 10.1. The van der Waals surface area contributed by atoms with Gasteiger partial charge < -0.3 is 4.74 Å². The van der Waals surface area contributed by atoms with E-state index in [9.17, 15) is 12.8 Å². The minimum Gasteiger partial charge on any atom is -0.473 e. The fourth-order valence-corrected chi connectivity index (χ4v) is 4.11. The zero-order chi connectivity index (χ0) is 16.3. The van der Waals surface area contributed by atoms with E-state index in [1.54, 1.807) is 12.3 Å². The molecule has 23 heavy (non-hydrogen) atoms. The molecule has 1 aromatic carbocycles. The van der Waals surface area contributed by atoms with E-state index >= 15 is 0 Å².